The van der Waals surface area contributed by atoms with Gasteiger partial charge in [0.05, 0.1) is 5.02 Å². The Kier molecular flexibility index (Phi) is 5.73. The first kappa shape index (κ1) is 15.1. The van der Waals surface area contributed by atoms with E-state index in [1.165, 1.54) is 0 Å². The van der Waals surface area contributed by atoms with Crippen molar-refractivity contribution in [2.24, 2.45) is 5.92 Å². The van der Waals surface area contributed by atoms with E-state index in [-0.39, 0.29) is 22.3 Å². The molecular formula is C14H17ClF2O. The Labute approximate surface area is 111 Å². The molecule has 100 valence electrons. The minimum atomic E-state index is -1.03. The fraction of sp³-hybridized carbons (Fsp3) is 0.500. The number of halogens is 3. The van der Waals surface area contributed by atoms with Gasteiger partial charge in [0.15, 0.2) is 17.4 Å². The van der Waals surface area contributed by atoms with Crippen LogP contribution < -0.4 is 0 Å². The smallest absolute Gasteiger partial charge is 0.167 e. The summed E-state index contributed by atoms with van der Waals surface area (Å²) < 4.78 is 26.1. The van der Waals surface area contributed by atoms with Gasteiger partial charge >= 0.3 is 0 Å². The van der Waals surface area contributed by atoms with Crippen LogP contribution in [0.1, 0.15) is 49.9 Å². The summed E-state index contributed by atoms with van der Waals surface area (Å²) in [5, 5.41) is -0.0196. The summed E-state index contributed by atoms with van der Waals surface area (Å²) in [5.74, 6) is -2.44. The average Bonchev–Trinajstić information content (AvgIpc) is 2.34. The molecule has 18 heavy (non-hydrogen) atoms. The average molecular weight is 275 g/mol. The fourth-order valence-corrected chi connectivity index (χ4v) is 2.15. The fourth-order valence-electron chi connectivity index (χ4n) is 1.90. The first-order valence-corrected chi connectivity index (χ1v) is 6.57. The molecule has 0 saturated heterocycles. The highest BCUT2D eigenvalue weighted by molar-refractivity contribution is 6.34. The first-order chi connectivity index (χ1) is 8.51. The van der Waals surface area contributed by atoms with Crippen LogP contribution in [0.25, 0.3) is 0 Å². The Balaban J connectivity index is 2.98. The Morgan fingerprint density at radius 3 is 2.44 bits per heavy atom. The molecule has 0 fully saturated rings. The van der Waals surface area contributed by atoms with Gasteiger partial charge in [-0.25, -0.2) is 8.78 Å². The number of carbonyl (C=O) groups is 1. The van der Waals surface area contributed by atoms with Crippen LogP contribution in [-0.4, -0.2) is 5.78 Å². The quantitative estimate of drug-likeness (QED) is 0.526. The molecule has 0 bridgehead atoms. The van der Waals surface area contributed by atoms with Crippen LogP contribution in [0.4, 0.5) is 8.78 Å². The lowest BCUT2D eigenvalue weighted by atomic mass is 9.90. The highest BCUT2D eigenvalue weighted by atomic mass is 35.5. The van der Waals surface area contributed by atoms with E-state index in [9.17, 15) is 13.6 Å². The van der Waals surface area contributed by atoms with Gasteiger partial charge in [-0.2, -0.15) is 0 Å². The third kappa shape index (κ3) is 3.52. The van der Waals surface area contributed by atoms with Crippen molar-refractivity contribution >= 4 is 17.4 Å². The zero-order chi connectivity index (χ0) is 13.7. The van der Waals surface area contributed by atoms with Crippen molar-refractivity contribution in [3.05, 3.63) is 34.4 Å². The lowest BCUT2D eigenvalue weighted by molar-refractivity contribution is 0.0908. The molecule has 0 aromatic heterocycles. The maximum Gasteiger partial charge on any atom is 0.167 e. The van der Waals surface area contributed by atoms with E-state index >= 15 is 0 Å². The van der Waals surface area contributed by atoms with Gasteiger partial charge in [0, 0.05) is 11.5 Å². The summed E-state index contributed by atoms with van der Waals surface area (Å²) >= 11 is 5.80. The van der Waals surface area contributed by atoms with Crippen LogP contribution in [-0.2, 0) is 0 Å². The number of benzene rings is 1. The van der Waals surface area contributed by atoms with Gasteiger partial charge < -0.3 is 0 Å². The number of hydrogen-bond acceptors (Lipinski definition) is 1. The van der Waals surface area contributed by atoms with Gasteiger partial charge in [-0.1, -0.05) is 38.3 Å². The second kappa shape index (κ2) is 6.83. The summed E-state index contributed by atoms with van der Waals surface area (Å²) in [6.45, 7) is 3.95. The lowest BCUT2D eigenvalue weighted by Gasteiger charge is -2.14. The molecule has 1 aromatic carbocycles. The molecule has 0 saturated carbocycles. The SMILES string of the molecule is CCCCC(CC)C(=O)c1cc(F)c(F)cc1Cl. The van der Waals surface area contributed by atoms with Crippen molar-refractivity contribution in [3.8, 4) is 0 Å². The van der Waals surface area contributed by atoms with E-state index in [0.29, 0.717) is 6.42 Å². The zero-order valence-corrected chi connectivity index (χ0v) is 11.4. The number of carbonyl (C=O) groups excluding carboxylic acids is 1. The van der Waals surface area contributed by atoms with E-state index in [4.69, 9.17) is 11.6 Å². The van der Waals surface area contributed by atoms with Crippen LogP contribution in [0, 0.1) is 17.6 Å². The Bertz CT molecular complexity index is 432. The number of unbranched alkanes of at least 4 members (excludes halogenated alkanes) is 1. The predicted molar refractivity (Wildman–Crippen MR) is 69.0 cm³/mol. The van der Waals surface area contributed by atoms with E-state index in [2.05, 4.69) is 0 Å². The molecule has 1 nitrogen and oxygen atoms in total. The monoisotopic (exact) mass is 274 g/mol. The molecular weight excluding hydrogens is 258 g/mol. The van der Waals surface area contributed by atoms with Crippen molar-refractivity contribution in [2.75, 3.05) is 0 Å². The molecule has 0 aliphatic carbocycles. The first-order valence-electron chi connectivity index (χ1n) is 6.20. The number of rotatable bonds is 6. The van der Waals surface area contributed by atoms with Crippen molar-refractivity contribution in [2.45, 2.75) is 39.5 Å². The molecule has 0 aliphatic heterocycles. The largest absolute Gasteiger partial charge is 0.294 e. The number of Topliss-reactive ketones (excluding diaryl/α,β-unsaturated/α-hetero) is 1. The summed E-state index contributed by atoms with van der Waals surface area (Å²) in [6.07, 6.45) is 3.36. The minimum absolute atomic E-state index is 0.0196. The summed E-state index contributed by atoms with van der Waals surface area (Å²) in [7, 11) is 0. The third-order valence-electron chi connectivity index (χ3n) is 3.05. The molecule has 0 N–H and O–H groups in total. The van der Waals surface area contributed by atoms with Gasteiger partial charge in [0.25, 0.3) is 0 Å². The Hall–Kier alpha value is -0.960. The van der Waals surface area contributed by atoms with Crippen LogP contribution in [0.5, 0.6) is 0 Å². The van der Waals surface area contributed by atoms with Crippen LogP contribution in [0.2, 0.25) is 5.02 Å². The molecule has 0 heterocycles. The summed E-state index contributed by atoms with van der Waals surface area (Å²) in [5.41, 5.74) is 0.0820. The molecule has 1 atom stereocenters. The maximum absolute atomic E-state index is 13.2. The molecule has 1 rings (SSSR count). The van der Waals surface area contributed by atoms with Crippen molar-refractivity contribution in [3.63, 3.8) is 0 Å². The number of ketones is 1. The zero-order valence-electron chi connectivity index (χ0n) is 10.6. The normalized spacial score (nSPS) is 12.5. The molecule has 0 aliphatic rings. The summed E-state index contributed by atoms with van der Waals surface area (Å²) in [4.78, 5) is 12.2. The molecule has 0 spiro atoms. The van der Waals surface area contributed by atoms with Gasteiger partial charge in [-0.05, 0) is 25.0 Å². The van der Waals surface area contributed by atoms with Crippen molar-refractivity contribution < 1.29 is 13.6 Å². The molecule has 0 amide bonds. The standard InChI is InChI=1S/C14H17ClF2O/c1-3-5-6-9(4-2)14(18)10-7-12(16)13(17)8-11(10)15/h7-9H,3-6H2,1-2H3. The van der Waals surface area contributed by atoms with Crippen LogP contribution in [0.3, 0.4) is 0 Å². The van der Waals surface area contributed by atoms with Gasteiger partial charge in [0.1, 0.15) is 0 Å². The number of hydrogen-bond donors (Lipinski definition) is 0. The minimum Gasteiger partial charge on any atom is -0.294 e. The molecule has 0 radical (unpaired) electrons. The van der Waals surface area contributed by atoms with E-state index in [1.54, 1.807) is 0 Å². The molecule has 4 heteroatoms. The van der Waals surface area contributed by atoms with E-state index < -0.39 is 11.6 Å². The highest BCUT2D eigenvalue weighted by Gasteiger charge is 2.21. The molecule has 1 unspecified atom stereocenters. The van der Waals surface area contributed by atoms with Gasteiger partial charge in [-0.15, -0.1) is 0 Å². The van der Waals surface area contributed by atoms with Crippen molar-refractivity contribution in [1.82, 2.24) is 0 Å². The van der Waals surface area contributed by atoms with E-state index in [1.807, 2.05) is 13.8 Å². The Morgan fingerprint density at radius 1 is 1.28 bits per heavy atom. The second-order valence-electron chi connectivity index (χ2n) is 4.36. The van der Waals surface area contributed by atoms with Gasteiger partial charge in [0.2, 0.25) is 0 Å². The summed E-state index contributed by atoms with van der Waals surface area (Å²) in [6, 6.07) is 1.76. The highest BCUT2D eigenvalue weighted by Crippen LogP contribution is 2.26. The predicted octanol–water partition coefficient (Wildman–Crippen LogP) is 5.02. The topological polar surface area (TPSA) is 17.1 Å². The van der Waals surface area contributed by atoms with Gasteiger partial charge in [-0.3, -0.25) is 4.79 Å². The Morgan fingerprint density at radius 2 is 1.89 bits per heavy atom. The molecule has 1 aromatic rings. The third-order valence-corrected chi connectivity index (χ3v) is 3.36. The lowest BCUT2D eigenvalue weighted by Crippen LogP contribution is -2.15. The van der Waals surface area contributed by atoms with Crippen LogP contribution >= 0.6 is 11.6 Å². The van der Waals surface area contributed by atoms with Crippen LogP contribution in [0.15, 0.2) is 12.1 Å². The van der Waals surface area contributed by atoms with E-state index in [0.717, 1.165) is 31.4 Å². The second-order valence-corrected chi connectivity index (χ2v) is 4.77. The maximum atomic E-state index is 13.2. The van der Waals surface area contributed by atoms with Crippen molar-refractivity contribution in [1.29, 1.82) is 0 Å².